The van der Waals surface area contributed by atoms with Gasteiger partial charge in [-0.25, -0.2) is 4.98 Å². The molecule has 60 valence electrons. The molecule has 2 aromatic rings. The van der Waals surface area contributed by atoms with Gasteiger partial charge in [-0.3, -0.25) is 0 Å². The first-order valence-corrected chi connectivity index (χ1v) is 3.46. The molecule has 0 bridgehead atoms. The van der Waals surface area contributed by atoms with Gasteiger partial charge in [-0.05, 0) is 12.1 Å². The number of furan rings is 1. The van der Waals surface area contributed by atoms with Gasteiger partial charge in [0.05, 0.1) is 6.26 Å². The fourth-order valence-electron chi connectivity index (χ4n) is 1.02. The lowest BCUT2D eigenvalue weighted by Crippen LogP contribution is -2.29. The Bertz CT molecular complexity index is 398. The summed E-state index contributed by atoms with van der Waals surface area (Å²) in [5.41, 5.74) is 0.864. The zero-order chi connectivity index (χ0) is 8.55. The average Bonchev–Trinajstić information content (AvgIpc) is 2.49. The van der Waals surface area contributed by atoms with Crippen LogP contribution < -0.4 is 5.46 Å². The fourth-order valence-corrected chi connectivity index (χ4v) is 1.02. The molecular weight excluding hydrogens is 157 g/mol. The van der Waals surface area contributed by atoms with Crippen molar-refractivity contribution in [3.63, 3.8) is 0 Å². The first-order chi connectivity index (χ1) is 5.77. The number of rotatable bonds is 1. The summed E-state index contributed by atoms with van der Waals surface area (Å²) >= 11 is 0. The second-order valence-electron chi connectivity index (χ2n) is 2.46. The van der Waals surface area contributed by atoms with E-state index < -0.39 is 7.12 Å². The topological polar surface area (TPSA) is 66.5 Å². The van der Waals surface area contributed by atoms with Gasteiger partial charge in [-0.15, -0.1) is 0 Å². The van der Waals surface area contributed by atoms with Crippen LogP contribution in [0.15, 0.2) is 29.0 Å². The molecule has 0 radical (unpaired) electrons. The van der Waals surface area contributed by atoms with Crippen LogP contribution in [0.25, 0.3) is 11.1 Å². The van der Waals surface area contributed by atoms with Crippen LogP contribution in [-0.2, 0) is 0 Å². The van der Waals surface area contributed by atoms with Gasteiger partial charge in [-0.1, -0.05) is 0 Å². The highest BCUT2D eigenvalue weighted by atomic mass is 16.4. The summed E-state index contributed by atoms with van der Waals surface area (Å²) < 4.78 is 4.98. The van der Waals surface area contributed by atoms with Crippen molar-refractivity contribution in [2.24, 2.45) is 0 Å². The quantitative estimate of drug-likeness (QED) is 0.556. The standard InChI is InChI=1S/C7H6BNO3/c10-8(11)6-3-5-1-2-12-7(5)9-4-6/h1-4,10-11H. The van der Waals surface area contributed by atoms with Crippen LogP contribution in [0.2, 0.25) is 0 Å². The van der Waals surface area contributed by atoms with Crippen LogP contribution in [0.1, 0.15) is 0 Å². The lowest BCUT2D eigenvalue weighted by atomic mass is 9.81. The first kappa shape index (κ1) is 7.33. The van der Waals surface area contributed by atoms with Gasteiger partial charge in [0.25, 0.3) is 0 Å². The van der Waals surface area contributed by atoms with Crippen LogP contribution in [0.3, 0.4) is 0 Å². The molecule has 0 saturated heterocycles. The van der Waals surface area contributed by atoms with Crippen molar-refractivity contribution < 1.29 is 14.5 Å². The van der Waals surface area contributed by atoms with E-state index in [1.807, 2.05) is 0 Å². The molecule has 0 spiro atoms. The van der Waals surface area contributed by atoms with E-state index in [-0.39, 0.29) is 0 Å². The molecular formula is C7H6BNO3. The second-order valence-corrected chi connectivity index (χ2v) is 2.46. The summed E-state index contributed by atoms with van der Waals surface area (Å²) in [4.78, 5) is 3.88. The van der Waals surface area contributed by atoms with E-state index in [9.17, 15) is 0 Å². The molecule has 0 aliphatic heterocycles. The molecule has 0 amide bonds. The predicted octanol–water partition coefficient (Wildman–Crippen LogP) is -0.492. The highest BCUT2D eigenvalue weighted by molar-refractivity contribution is 6.58. The molecule has 4 nitrogen and oxygen atoms in total. The molecule has 0 saturated carbocycles. The van der Waals surface area contributed by atoms with E-state index in [1.54, 1.807) is 12.1 Å². The Morgan fingerprint density at radius 3 is 3.00 bits per heavy atom. The van der Waals surface area contributed by atoms with Crippen molar-refractivity contribution in [1.29, 1.82) is 0 Å². The molecule has 0 aliphatic carbocycles. The van der Waals surface area contributed by atoms with Crippen LogP contribution >= 0.6 is 0 Å². The number of aromatic nitrogens is 1. The molecule has 2 aromatic heterocycles. The van der Waals surface area contributed by atoms with E-state index in [0.29, 0.717) is 11.2 Å². The SMILES string of the molecule is OB(O)c1cnc2occc2c1. The third-order valence-corrected chi connectivity index (χ3v) is 1.63. The Labute approximate surface area is 68.6 Å². The molecule has 2 rings (SSSR count). The zero-order valence-corrected chi connectivity index (χ0v) is 6.14. The number of nitrogens with zero attached hydrogens (tertiary/aromatic N) is 1. The highest BCUT2D eigenvalue weighted by Gasteiger charge is 2.12. The largest absolute Gasteiger partial charge is 0.490 e. The van der Waals surface area contributed by atoms with Crippen molar-refractivity contribution in [3.8, 4) is 0 Å². The summed E-state index contributed by atoms with van der Waals surface area (Å²) in [6.45, 7) is 0. The summed E-state index contributed by atoms with van der Waals surface area (Å²) in [6.07, 6.45) is 2.88. The van der Waals surface area contributed by atoms with Gasteiger partial charge in [0.15, 0.2) is 0 Å². The number of hydrogen-bond donors (Lipinski definition) is 2. The van der Waals surface area contributed by atoms with E-state index in [2.05, 4.69) is 4.98 Å². The third-order valence-electron chi connectivity index (χ3n) is 1.63. The molecule has 12 heavy (non-hydrogen) atoms. The molecule has 2 heterocycles. The van der Waals surface area contributed by atoms with Crippen molar-refractivity contribution in [3.05, 3.63) is 24.6 Å². The minimum Gasteiger partial charge on any atom is -0.446 e. The molecule has 0 aromatic carbocycles. The molecule has 0 unspecified atom stereocenters. The summed E-state index contributed by atoms with van der Waals surface area (Å²) in [5.74, 6) is 0. The van der Waals surface area contributed by atoms with Crippen LogP contribution in [0.5, 0.6) is 0 Å². The Hall–Kier alpha value is -1.33. The zero-order valence-electron chi connectivity index (χ0n) is 6.14. The van der Waals surface area contributed by atoms with Gasteiger partial charge in [-0.2, -0.15) is 0 Å². The van der Waals surface area contributed by atoms with Gasteiger partial charge in [0, 0.05) is 17.0 Å². The number of pyridine rings is 1. The highest BCUT2D eigenvalue weighted by Crippen LogP contribution is 2.09. The smallest absolute Gasteiger partial charge is 0.446 e. The summed E-state index contributed by atoms with van der Waals surface area (Å²) in [6, 6.07) is 3.34. The number of hydrogen-bond acceptors (Lipinski definition) is 4. The van der Waals surface area contributed by atoms with E-state index >= 15 is 0 Å². The van der Waals surface area contributed by atoms with Crippen molar-refractivity contribution in [2.45, 2.75) is 0 Å². The van der Waals surface area contributed by atoms with Gasteiger partial charge in [0.1, 0.15) is 0 Å². The summed E-state index contributed by atoms with van der Waals surface area (Å²) in [5, 5.41) is 18.4. The van der Waals surface area contributed by atoms with E-state index in [4.69, 9.17) is 14.5 Å². The Balaban J connectivity index is 2.60. The minimum atomic E-state index is -1.48. The van der Waals surface area contributed by atoms with E-state index in [1.165, 1.54) is 12.5 Å². The Kier molecular flexibility index (Phi) is 1.60. The predicted molar refractivity (Wildman–Crippen MR) is 43.8 cm³/mol. The Morgan fingerprint density at radius 1 is 1.42 bits per heavy atom. The molecule has 0 atom stereocenters. The van der Waals surface area contributed by atoms with Gasteiger partial charge in [0.2, 0.25) is 5.71 Å². The van der Waals surface area contributed by atoms with Crippen LogP contribution in [0, 0.1) is 0 Å². The lowest BCUT2D eigenvalue weighted by Gasteiger charge is -1.96. The monoisotopic (exact) mass is 163 g/mol. The fraction of sp³-hybridized carbons (Fsp3) is 0. The first-order valence-electron chi connectivity index (χ1n) is 3.46. The maximum Gasteiger partial charge on any atom is 0.490 e. The third kappa shape index (κ3) is 1.09. The number of fused-ring (bicyclic) bond motifs is 1. The van der Waals surface area contributed by atoms with Crippen LogP contribution in [-0.4, -0.2) is 22.2 Å². The maximum absolute atomic E-state index is 8.81. The van der Waals surface area contributed by atoms with Crippen molar-refractivity contribution in [2.75, 3.05) is 0 Å². The molecule has 0 aliphatic rings. The van der Waals surface area contributed by atoms with Crippen molar-refractivity contribution in [1.82, 2.24) is 4.98 Å². The normalized spacial score (nSPS) is 10.5. The Morgan fingerprint density at radius 2 is 2.25 bits per heavy atom. The summed E-state index contributed by atoms with van der Waals surface area (Å²) in [7, 11) is -1.48. The molecule has 2 N–H and O–H groups in total. The van der Waals surface area contributed by atoms with E-state index in [0.717, 1.165) is 5.39 Å². The minimum absolute atomic E-state index is 0.365. The average molecular weight is 163 g/mol. The molecule has 5 heteroatoms. The van der Waals surface area contributed by atoms with Gasteiger partial charge >= 0.3 is 7.12 Å². The molecule has 0 fully saturated rings. The van der Waals surface area contributed by atoms with Crippen LogP contribution in [0.4, 0.5) is 0 Å². The van der Waals surface area contributed by atoms with Crippen molar-refractivity contribution >= 4 is 23.7 Å². The second kappa shape index (κ2) is 2.62. The van der Waals surface area contributed by atoms with Gasteiger partial charge < -0.3 is 14.5 Å². The maximum atomic E-state index is 8.81. The lowest BCUT2D eigenvalue weighted by molar-refractivity contribution is 0.425.